The molecule has 0 aliphatic heterocycles. The standard InChI is InChI=1S/C12H21NO5/c1-12(2,3)18-11(16)13-9(10(14)15)7-17-6-8-4-5-8/h8-9H,4-7H2,1-3H3,(H,13,16)(H,14,15)/t9-/m0/s1. The molecule has 1 atom stereocenters. The number of carbonyl (C=O) groups is 2. The van der Waals surface area contributed by atoms with Gasteiger partial charge in [0, 0.05) is 6.61 Å². The summed E-state index contributed by atoms with van der Waals surface area (Å²) in [5.41, 5.74) is -0.651. The number of aliphatic carboxylic acids is 1. The molecule has 0 aromatic heterocycles. The van der Waals surface area contributed by atoms with E-state index in [9.17, 15) is 9.59 Å². The van der Waals surface area contributed by atoms with Gasteiger partial charge in [-0.2, -0.15) is 0 Å². The Balaban J connectivity index is 2.31. The summed E-state index contributed by atoms with van der Waals surface area (Å²) in [6.45, 7) is 5.66. The predicted octanol–water partition coefficient (Wildman–Crippen LogP) is 1.39. The van der Waals surface area contributed by atoms with Crippen molar-refractivity contribution in [2.75, 3.05) is 13.2 Å². The van der Waals surface area contributed by atoms with Crippen LogP contribution < -0.4 is 5.32 Å². The molecule has 0 spiro atoms. The van der Waals surface area contributed by atoms with E-state index >= 15 is 0 Å². The molecular weight excluding hydrogens is 238 g/mol. The van der Waals surface area contributed by atoms with Gasteiger partial charge in [0.1, 0.15) is 5.60 Å². The molecule has 1 aliphatic rings. The topological polar surface area (TPSA) is 84.9 Å². The van der Waals surface area contributed by atoms with E-state index in [4.69, 9.17) is 14.6 Å². The van der Waals surface area contributed by atoms with Gasteiger partial charge in [-0.3, -0.25) is 0 Å². The molecule has 0 radical (unpaired) electrons. The van der Waals surface area contributed by atoms with E-state index in [0.29, 0.717) is 12.5 Å². The Morgan fingerprint density at radius 3 is 2.44 bits per heavy atom. The number of carboxylic acid groups (broad SMARTS) is 1. The number of hydrogen-bond donors (Lipinski definition) is 2. The van der Waals surface area contributed by atoms with Gasteiger partial charge >= 0.3 is 12.1 Å². The molecule has 0 aromatic rings. The van der Waals surface area contributed by atoms with Crippen LogP contribution >= 0.6 is 0 Å². The Hall–Kier alpha value is -1.30. The van der Waals surface area contributed by atoms with Crippen LogP contribution in [0.25, 0.3) is 0 Å². The number of amides is 1. The lowest BCUT2D eigenvalue weighted by Crippen LogP contribution is -2.46. The van der Waals surface area contributed by atoms with Crippen molar-refractivity contribution in [2.24, 2.45) is 5.92 Å². The highest BCUT2D eigenvalue weighted by Gasteiger charge is 2.26. The second-order valence-corrected chi connectivity index (χ2v) is 5.52. The van der Waals surface area contributed by atoms with E-state index in [0.717, 1.165) is 12.8 Å². The van der Waals surface area contributed by atoms with Crippen LogP contribution in [0.2, 0.25) is 0 Å². The van der Waals surface area contributed by atoms with Gasteiger partial charge in [-0.15, -0.1) is 0 Å². The van der Waals surface area contributed by atoms with E-state index < -0.39 is 23.7 Å². The first kappa shape index (κ1) is 14.8. The van der Waals surface area contributed by atoms with E-state index in [-0.39, 0.29) is 6.61 Å². The molecule has 104 valence electrons. The van der Waals surface area contributed by atoms with Crippen molar-refractivity contribution in [3.8, 4) is 0 Å². The summed E-state index contributed by atoms with van der Waals surface area (Å²) in [6, 6.07) is -1.07. The zero-order valence-electron chi connectivity index (χ0n) is 11.1. The molecule has 2 N–H and O–H groups in total. The minimum Gasteiger partial charge on any atom is -0.480 e. The van der Waals surface area contributed by atoms with Crippen molar-refractivity contribution < 1.29 is 24.2 Å². The third kappa shape index (κ3) is 6.44. The first-order chi connectivity index (χ1) is 8.28. The molecule has 6 heteroatoms. The van der Waals surface area contributed by atoms with Crippen LogP contribution in [0.4, 0.5) is 4.79 Å². The first-order valence-electron chi connectivity index (χ1n) is 6.08. The Kier molecular flexibility index (Phi) is 4.95. The molecule has 1 fully saturated rings. The molecular formula is C12H21NO5. The number of carbonyl (C=O) groups excluding carboxylic acids is 1. The number of ether oxygens (including phenoxy) is 2. The molecule has 1 saturated carbocycles. The van der Waals surface area contributed by atoms with Crippen LogP contribution in [0.5, 0.6) is 0 Å². The van der Waals surface area contributed by atoms with Gasteiger partial charge < -0.3 is 19.9 Å². The first-order valence-corrected chi connectivity index (χ1v) is 6.08. The number of nitrogens with one attached hydrogen (secondary N) is 1. The fraction of sp³-hybridized carbons (Fsp3) is 0.833. The molecule has 0 aromatic carbocycles. The van der Waals surface area contributed by atoms with Gasteiger partial charge in [-0.05, 0) is 39.5 Å². The SMILES string of the molecule is CC(C)(C)OC(=O)N[C@@H](COCC1CC1)C(=O)O. The third-order valence-corrected chi connectivity index (χ3v) is 2.32. The minimum absolute atomic E-state index is 0.0366. The molecule has 0 saturated heterocycles. The summed E-state index contributed by atoms with van der Waals surface area (Å²) in [5.74, 6) is -0.572. The number of hydrogen-bond acceptors (Lipinski definition) is 4. The van der Waals surface area contributed by atoms with Crippen LogP contribution in [0.3, 0.4) is 0 Å². The van der Waals surface area contributed by atoms with Crippen molar-refractivity contribution in [3.05, 3.63) is 0 Å². The summed E-state index contributed by atoms with van der Waals surface area (Å²) < 4.78 is 10.3. The third-order valence-electron chi connectivity index (χ3n) is 2.32. The molecule has 1 rings (SSSR count). The lowest BCUT2D eigenvalue weighted by Gasteiger charge is -2.21. The monoisotopic (exact) mass is 259 g/mol. The molecule has 0 bridgehead atoms. The molecule has 6 nitrogen and oxygen atoms in total. The summed E-state index contributed by atoms with van der Waals surface area (Å²) >= 11 is 0. The average Bonchev–Trinajstić information content (AvgIpc) is 2.96. The Bertz CT molecular complexity index is 306. The maximum Gasteiger partial charge on any atom is 0.408 e. The summed E-state index contributed by atoms with van der Waals surface area (Å²) in [6.07, 6.45) is 1.53. The van der Waals surface area contributed by atoms with Gasteiger partial charge in [-0.25, -0.2) is 9.59 Å². The van der Waals surface area contributed by atoms with Gasteiger partial charge in [0.05, 0.1) is 6.61 Å². The van der Waals surface area contributed by atoms with Crippen LogP contribution in [0.1, 0.15) is 33.6 Å². The second kappa shape index (κ2) is 6.04. The zero-order chi connectivity index (χ0) is 13.8. The lowest BCUT2D eigenvalue weighted by molar-refractivity contribution is -0.141. The van der Waals surface area contributed by atoms with Crippen molar-refractivity contribution in [1.29, 1.82) is 0 Å². The predicted molar refractivity (Wildman–Crippen MR) is 64.3 cm³/mol. The van der Waals surface area contributed by atoms with E-state index in [2.05, 4.69) is 5.32 Å². The summed E-state index contributed by atoms with van der Waals surface area (Å²) in [7, 11) is 0. The molecule has 0 heterocycles. The van der Waals surface area contributed by atoms with Crippen LogP contribution in [0.15, 0.2) is 0 Å². The summed E-state index contributed by atoms with van der Waals surface area (Å²) in [5, 5.41) is 11.2. The largest absolute Gasteiger partial charge is 0.480 e. The van der Waals surface area contributed by atoms with Crippen molar-refractivity contribution in [1.82, 2.24) is 5.32 Å². The quantitative estimate of drug-likeness (QED) is 0.753. The van der Waals surface area contributed by atoms with Crippen molar-refractivity contribution in [3.63, 3.8) is 0 Å². The zero-order valence-corrected chi connectivity index (χ0v) is 11.1. The van der Waals surface area contributed by atoms with Crippen LogP contribution in [-0.2, 0) is 14.3 Å². The van der Waals surface area contributed by atoms with Gasteiger partial charge in [-0.1, -0.05) is 0 Å². The van der Waals surface area contributed by atoms with E-state index in [1.807, 2.05) is 0 Å². The summed E-state index contributed by atoms with van der Waals surface area (Å²) in [4.78, 5) is 22.4. The van der Waals surface area contributed by atoms with E-state index in [1.165, 1.54) is 0 Å². The van der Waals surface area contributed by atoms with Crippen molar-refractivity contribution >= 4 is 12.1 Å². The Morgan fingerprint density at radius 2 is 2.00 bits per heavy atom. The second-order valence-electron chi connectivity index (χ2n) is 5.52. The normalized spacial score (nSPS) is 17.1. The van der Waals surface area contributed by atoms with Crippen LogP contribution in [-0.4, -0.2) is 42.0 Å². The fourth-order valence-electron chi connectivity index (χ4n) is 1.26. The number of carboxylic acids is 1. The van der Waals surface area contributed by atoms with Crippen molar-refractivity contribution in [2.45, 2.75) is 45.3 Å². The fourth-order valence-corrected chi connectivity index (χ4v) is 1.26. The highest BCUT2D eigenvalue weighted by Crippen LogP contribution is 2.28. The highest BCUT2D eigenvalue weighted by molar-refractivity contribution is 5.80. The molecule has 1 aliphatic carbocycles. The van der Waals surface area contributed by atoms with Gasteiger partial charge in [0.15, 0.2) is 6.04 Å². The van der Waals surface area contributed by atoms with Gasteiger partial charge in [0.2, 0.25) is 0 Å². The molecule has 0 unspecified atom stereocenters. The smallest absolute Gasteiger partial charge is 0.408 e. The Morgan fingerprint density at radius 1 is 1.39 bits per heavy atom. The minimum atomic E-state index is -1.13. The molecule has 18 heavy (non-hydrogen) atoms. The highest BCUT2D eigenvalue weighted by atomic mass is 16.6. The number of alkyl carbamates (subject to hydrolysis) is 1. The maximum atomic E-state index is 11.4. The van der Waals surface area contributed by atoms with Gasteiger partial charge in [0.25, 0.3) is 0 Å². The van der Waals surface area contributed by atoms with E-state index in [1.54, 1.807) is 20.8 Å². The lowest BCUT2D eigenvalue weighted by atomic mass is 10.2. The average molecular weight is 259 g/mol. The number of rotatable bonds is 6. The maximum absolute atomic E-state index is 11.4. The molecule has 1 amide bonds. The van der Waals surface area contributed by atoms with Crippen LogP contribution in [0, 0.1) is 5.92 Å². The Labute approximate surface area is 107 Å².